The van der Waals surface area contributed by atoms with Crippen LogP contribution in [0.15, 0.2) is 24.3 Å². The smallest absolute Gasteiger partial charge is 0.0716 e. The van der Waals surface area contributed by atoms with Crippen LogP contribution in [-0.4, -0.2) is 26.9 Å². The van der Waals surface area contributed by atoms with Crippen molar-refractivity contribution in [3.8, 4) is 0 Å². The van der Waals surface area contributed by atoms with Crippen molar-refractivity contribution in [2.24, 2.45) is 5.92 Å². The van der Waals surface area contributed by atoms with Crippen molar-refractivity contribution in [3.05, 3.63) is 35.4 Å². The van der Waals surface area contributed by atoms with Crippen LogP contribution in [0.2, 0.25) is 0 Å². The van der Waals surface area contributed by atoms with Gasteiger partial charge in [-0.1, -0.05) is 38.1 Å². The number of methoxy groups -OCH3 is 1. The third-order valence-corrected chi connectivity index (χ3v) is 2.83. The van der Waals surface area contributed by atoms with E-state index in [-0.39, 0.29) is 0 Å². The maximum absolute atomic E-state index is 5.55. The molecule has 108 valence electrons. The number of rotatable bonds is 10. The highest BCUT2D eigenvalue weighted by Gasteiger charge is 2.00. The lowest BCUT2D eigenvalue weighted by Gasteiger charge is -2.10. The van der Waals surface area contributed by atoms with Gasteiger partial charge in [0.05, 0.1) is 6.61 Å². The Bertz CT molecular complexity index is 339. The van der Waals surface area contributed by atoms with Gasteiger partial charge in [0.2, 0.25) is 0 Å². The Hall–Kier alpha value is -0.900. The summed E-state index contributed by atoms with van der Waals surface area (Å²) in [7, 11) is 1.73. The molecule has 0 spiro atoms. The zero-order valence-corrected chi connectivity index (χ0v) is 12.4. The topological polar surface area (TPSA) is 30.5 Å². The second kappa shape index (κ2) is 9.96. The van der Waals surface area contributed by atoms with Crippen LogP contribution >= 0.6 is 0 Å². The first-order chi connectivity index (χ1) is 9.24. The molecule has 0 saturated carbocycles. The first-order valence-electron chi connectivity index (χ1n) is 7.08. The number of hydrogen-bond donors (Lipinski definition) is 1. The van der Waals surface area contributed by atoms with Crippen LogP contribution in [0.5, 0.6) is 0 Å². The summed E-state index contributed by atoms with van der Waals surface area (Å²) in [5.41, 5.74) is 2.57. The summed E-state index contributed by atoms with van der Waals surface area (Å²) in [6.45, 7) is 8.59. The molecule has 0 unspecified atom stereocenters. The van der Waals surface area contributed by atoms with Gasteiger partial charge in [-0.05, 0) is 30.0 Å². The zero-order chi connectivity index (χ0) is 13.9. The first-order valence-corrected chi connectivity index (χ1v) is 7.08. The number of benzene rings is 1. The van der Waals surface area contributed by atoms with Crippen molar-refractivity contribution in [2.45, 2.75) is 33.4 Å². The van der Waals surface area contributed by atoms with Crippen LogP contribution in [0, 0.1) is 5.92 Å². The highest BCUT2D eigenvalue weighted by Crippen LogP contribution is 2.09. The molecular formula is C16H27NO2. The molecule has 0 atom stereocenters. The van der Waals surface area contributed by atoms with Crippen molar-refractivity contribution in [3.63, 3.8) is 0 Å². The van der Waals surface area contributed by atoms with Crippen molar-refractivity contribution in [1.82, 2.24) is 5.32 Å². The molecule has 1 N–H and O–H groups in total. The monoisotopic (exact) mass is 265 g/mol. The summed E-state index contributed by atoms with van der Waals surface area (Å²) >= 11 is 0. The third kappa shape index (κ3) is 7.31. The molecule has 0 amide bonds. The van der Waals surface area contributed by atoms with Gasteiger partial charge in [-0.2, -0.15) is 0 Å². The van der Waals surface area contributed by atoms with E-state index in [1.807, 2.05) is 0 Å². The Labute approximate surface area is 117 Å². The summed E-state index contributed by atoms with van der Waals surface area (Å²) in [5, 5.41) is 3.45. The third-order valence-electron chi connectivity index (χ3n) is 2.83. The maximum Gasteiger partial charge on any atom is 0.0716 e. The van der Waals surface area contributed by atoms with E-state index in [0.717, 1.165) is 32.7 Å². The predicted molar refractivity (Wildman–Crippen MR) is 79.1 cm³/mol. The fourth-order valence-electron chi connectivity index (χ4n) is 1.87. The molecule has 0 saturated heterocycles. The standard InChI is InChI=1S/C16H27NO2/c1-14(2)12-19-10-6-9-17-11-15-7-4-5-8-16(15)13-18-3/h4-5,7-8,14,17H,6,9-13H2,1-3H3. The van der Waals surface area contributed by atoms with Gasteiger partial charge in [-0.3, -0.25) is 0 Å². The van der Waals surface area contributed by atoms with Gasteiger partial charge in [-0.15, -0.1) is 0 Å². The zero-order valence-electron chi connectivity index (χ0n) is 12.4. The fraction of sp³-hybridized carbons (Fsp3) is 0.625. The van der Waals surface area contributed by atoms with Crippen LogP contribution < -0.4 is 5.32 Å². The number of ether oxygens (including phenoxy) is 2. The Morgan fingerprint density at radius 2 is 1.89 bits per heavy atom. The number of hydrogen-bond acceptors (Lipinski definition) is 3. The summed E-state index contributed by atoms with van der Waals surface area (Å²) in [4.78, 5) is 0. The second-order valence-electron chi connectivity index (χ2n) is 5.20. The second-order valence-corrected chi connectivity index (χ2v) is 5.20. The fourth-order valence-corrected chi connectivity index (χ4v) is 1.87. The average Bonchev–Trinajstić information content (AvgIpc) is 2.39. The molecular weight excluding hydrogens is 238 g/mol. The van der Waals surface area contributed by atoms with Crippen LogP contribution in [-0.2, 0) is 22.6 Å². The molecule has 0 radical (unpaired) electrons. The van der Waals surface area contributed by atoms with E-state index in [1.165, 1.54) is 11.1 Å². The average molecular weight is 265 g/mol. The highest BCUT2D eigenvalue weighted by molar-refractivity contribution is 5.26. The molecule has 0 bridgehead atoms. The van der Waals surface area contributed by atoms with Crippen molar-refractivity contribution in [1.29, 1.82) is 0 Å². The van der Waals surface area contributed by atoms with Crippen LogP contribution in [0.25, 0.3) is 0 Å². The minimum atomic E-state index is 0.619. The lowest BCUT2D eigenvalue weighted by atomic mass is 10.1. The van der Waals surface area contributed by atoms with Crippen LogP contribution in [0.4, 0.5) is 0 Å². The lowest BCUT2D eigenvalue weighted by molar-refractivity contribution is 0.108. The lowest BCUT2D eigenvalue weighted by Crippen LogP contribution is -2.18. The first kappa shape index (κ1) is 16.2. The van der Waals surface area contributed by atoms with E-state index in [9.17, 15) is 0 Å². The molecule has 0 aliphatic rings. The molecule has 0 heterocycles. The van der Waals surface area contributed by atoms with Gasteiger partial charge in [-0.25, -0.2) is 0 Å². The molecule has 0 aromatic heterocycles. The Morgan fingerprint density at radius 3 is 2.58 bits per heavy atom. The van der Waals surface area contributed by atoms with Gasteiger partial charge in [0, 0.05) is 26.9 Å². The highest BCUT2D eigenvalue weighted by atomic mass is 16.5. The molecule has 0 aliphatic carbocycles. The van der Waals surface area contributed by atoms with Crippen molar-refractivity contribution in [2.75, 3.05) is 26.9 Å². The minimum absolute atomic E-state index is 0.619. The van der Waals surface area contributed by atoms with E-state index < -0.39 is 0 Å². The summed E-state index contributed by atoms with van der Waals surface area (Å²) in [6, 6.07) is 8.39. The largest absolute Gasteiger partial charge is 0.381 e. The van der Waals surface area contributed by atoms with Gasteiger partial charge < -0.3 is 14.8 Å². The quantitative estimate of drug-likeness (QED) is 0.660. The maximum atomic E-state index is 5.55. The molecule has 19 heavy (non-hydrogen) atoms. The molecule has 3 heteroatoms. The van der Waals surface area contributed by atoms with Gasteiger partial charge in [0.15, 0.2) is 0 Å². The molecule has 1 aromatic rings. The minimum Gasteiger partial charge on any atom is -0.381 e. The Balaban J connectivity index is 2.15. The van der Waals surface area contributed by atoms with Gasteiger partial charge >= 0.3 is 0 Å². The molecule has 0 fully saturated rings. The van der Waals surface area contributed by atoms with Gasteiger partial charge in [0.25, 0.3) is 0 Å². The van der Waals surface area contributed by atoms with E-state index in [1.54, 1.807) is 7.11 Å². The van der Waals surface area contributed by atoms with Crippen LogP contribution in [0.3, 0.4) is 0 Å². The van der Waals surface area contributed by atoms with Gasteiger partial charge in [0.1, 0.15) is 0 Å². The molecule has 0 aliphatic heterocycles. The summed E-state index contributed by atoms with van der Waals surface area (Å²) in [5.74, 6) is 0.619. The summed E-state index contributed by atoms with van der Waals surface area (Å²) < 4.78 is 10.8. The van der Waals surface area contributed by atoms with Crippen molar-refractivity contribution >= 4 is 0 Å². The SMILES string of the molecule is COCc1ccccc1CNCCCOCC(C)C. The normalized spacial score (nSPS) is 11.2. The Morgan fingerprint density at radius 1 is 1.16 bits per heavy atom. The molecule has 3 nitrogen and oxygen atoms in total. The molecule has 1 rings (SSSR count). The van der Waals surface area contributed by atoms with E-state index in [0.29, 0.717) is 12.5 Å². The molecule has 1 aromatic carbocycles. The number of nitrogens with one attached hydrogen (secondary N) is 1. The van der Waals surface area contributed by atoms with E-state index in [2.05, 4.69) is 43.4 Å². The van der Waals surface area contributed by atoms with E-state index >= 15 is 0 Å². The Kier molecular flexibility index (Phi) is 8.47. The van der Waals surface area contributed by atoms with E-state index in [4.69, 9.17) is 9.47 Å². The summed E-state index contributed by atoms with van der Waals surface area (Å²) in [6.07, 6.45) is 1.05. The van der Waals surface area contributed by atoms with Crippen molar-refractivity contribution < 1.29 is 9.47 Å². The predicted octanol–water partition coefficient (Wildman–Crippen LogP) is 2.99. The van der Waals surface area contributed by atoms with Crippen LogP contribution in [0.1, 0.15) is 31.4 Å².